The van der Waals surface area contributed by atoms with E-state index >= 15 is 0 Å². The molecule has 0 spiro atoms. The summed E-state index contributed by atoms with van der Waals surface area (Å²) < 4.78 is 81.7. The Morgan fingerprint density at radius 2 is 1.52 bits per heavy atom. The maximum atomic E-state index is 13.1. The molecule has 0 aromatic heterocycles. The van der Waals surface area contributed by atoms with Crippen molar-refractivity contribution in [1.29, 1.82) is 0 Å². The molecule has 6 nitrogen and oxygen atoms in total. The van der Waals surface area contributed by atoms with Crippen LogP contribution in [0.5, 0.6) is 17.2 Å². The van der Waals surface area contributed by atoms with Crippen LogP contribution in [0.1, 0.15) is 11.1 Å². The van der Waals surface area contributed by atoms with Crippen molar-refractivity contribution in [2.75, 3.05) is 21.3 Å². The summed E-state index contributed by atoms with van der Waals surface area (Å²) >= 11 is 0. The molecule has 0 amide bonds. The van der Waals surface area contributed by atoms with Gasteiger partial charge in [0.25, 0.3) is 0 Å². The zero-order chi connectivity index (χ0) is 20.2. The summed E-state index contributed by atoms with van der Waals surface area (Å²) in [4.78, 5) is -0.843. The van der Waals surface area contributed by atoms with E-state index in [-0.39, 0.29) is 6.54 Å². The molecule has 2 aromatic rings. The molecule has 0 saturated heterocycles. The van der Waals surface area contributed by atoms with Gasteiger partial charge in [-0.2, -0.15) is 13.2 Å². The van der Waals surface area contributed by atoms with Crippen molar-refractivity contribution in [2.24, 2.45) is 0 Å². The number of hydrogen-bond acceptors (Lipinski definition) is 5. The Kier molecular flexibility index (Phi) is 6.22. The Morgan fingerprint density at radius 3 is 2.00 bits per heavy atom. The second-order valence-corrected chi connectivity index (χ2v) is 7.09. The van der Waals surface area contributed by atoms with Gasteiger partial charge in [-0.25, -0.2) is 13.1 Å². The first-order valence-electron chi connectivity index (χ1n) is 7.58. The third-order valence-corrected chi connectivity index (χ3v) is 5.13. The average Bonchev–Trinajstić information content (AvgIpc) is 2.64. The smallest absolute Gasteiger partial charge is 0.417 e. The van der Waals surface area contributed by atoms with Gasteiger partial charge in [-0.15, -0.1) is 0 Å². The van der Waals surface area contributed by atoms with E-state index in [9.17, 15) is 21.6 Å². The van der Waals surface area contributed by atoms with E-state index in [0.29, 0.717) is 28.9 Å². The fourth-order valence-electron chi connectivity index (χ4n) is 2.43. The minimum Gasteiger partial charge on any atom is -0.493 e. The molecular weight excluding hydrogens is 387 g/mol. The van der Waals surface area contributed by atoms with Gasteiger partial charge in [-0.1, -0.05) is 12.1 Å². The average molecular weight is 405 g/mol. The van der Waals surface area contributed by atoms with Crippen LogP contribution in [0.25, 0.3) is 0 Å². The van der Waals surface area contributed by atoms with Crippen LogP contribution in [0, 0.1) is 0 Å². The maximum Gasteiger partial charge on any atom is 0.417 e. The number of halogens is 3. The molecule has 0 aliphatic heterocycles. The second-order valence-electron chi connectivity index (χ2n) is 5.35. The molecule has 2 rings (SSSR count). The van der Waals surface area contributed by atoms with Crippen LogP contribution in [0.3, 0.4) is 0 Å². The fraction of sp³-hybridized carbons (Fsp3) is 0.294. The molecule has 27 heavy (non-hydrogen) atoms. The number of methoxy groups -OCH3 is 3. The Balaban J connectivity index is 2.34. The van der Waals surface area contributed by atoms with Crippen LogP contribution in [0.2, 0.25) is 0 Å². The molecule has 10 heteroatoms. The fourth-order valence-corrected chi connectivity index (χ4v) is 3.67. The molecule has 148 valence electrons. The van der Waals surface area contributed by atoms with Crippen LogP contribution < -0.4 is 18.9 Å². The Hall–Kier alpha value is -2.46. The summed E-state index contributed by atoms with van der Waals surface area (Å²) in [5.41, 5.74) is -0.819. The topological polar surface area (TPSA) is 73.9 Å². The molecule has 2 aromatic carbocycles. The van der Waals surface area contributed by atoms with E-state index in [1.807, 2.05) is 0 Å². The lowest BCUT2D eigenvalue weighted by atomic mass is 10.2. The number of alkyl halides is 3. The Bertz CT molecular complexity index is 888. The van der Waals surface area contributed by atoms with Crippen molar-refractivity contribution in [1.82, 2.24) is 4.72 Å². The van der Waals surface area contributed by atoms with E-state index in [1.165, 1.54) is 39.5 Å². The predicted octanol–water partition coefficient (Wildman–Crippen LogP) is 3.21. The monoisotopic (exact) mass is 405 g/mol. The Morgan fingerprint density at radius 1 is 0.963 bits per heavy atom. The number of rotatable bonds is 7. The highest BCUT2D eigenvalue weighted by Crippen LogP contribution is 2.38. The van der Waals surface area contributed by atoms with Crippen molar-refractivity contribution < 1.29 is 35.8 Å². The number of sulfonamides is 1. The highest BCUT2D eigenvalue weighted by molar-refractivity contribution is 7.89. The lowest BCUT2D eigenvalue weighted by Crippen LogP contribution is -2.26. The molecule has 0 saturated carbocycles. The summed E-state index contributed by atoms with van der Waals surface area (Å²) in [6.07, 6.45) is -4.79. The van der Waals surface area contributed by atoms with Crippen LogP contribution in [0.15, 0.2) is 41.3 Å². The molecule has 0 heterocycles. The van der Waals surface area contributed by atoms with E-state index in [0.717, 1.165) is 12.1 Å². The van der Waals surface area contributed by atoms with E-state index in [4.69, 9.17) is 14.2 Å². The molecule has 1 N–H and O–H groups in total. The molecule has 0 aliphatic rings. The molecule has 0 bridgehead atoms. The van der Waals surface area contributed by atoms with Crippen LogP contribution >= 0.6 is 0 Å². The molecule has 0 fully saturated rings. The summed E-state index contributed by atoms with van der Waals surface area (Å²) in [5.74, 6) is 0.900. The van der Waals surface area contributed by atoms with Gasteiger partial charge in [0.1, 0.15) is 0 Å². The molecule has 0 radical (unpaired) electrons. The van der Waals surface area contributed by atoms with E-state index < -0.39 is 26.7 Å². The van der Waals surface area contributed by atoms with Gasteiger partial charge in [-0.05, 0) is 29.8 Å². The largest absolute Gasteiger partial charge is 0.493 e. The van der Waals surface area contributed by atoms with Crippen LogP contribution in [-0.2, 0) is 22.7 Å². The van der Waals surface area contributed by atoms with Crippen LogP contribution in [0.4, 0.5) is 13.2 Å². The number of benzene rings is 2. The Labute approximate surface area is 154 Å². The first kappa shape index (κ1) is 20.8. The van der Waals surface area contributed by atoms with Gasteiger partial charge in [0.15, 0.2) is 11.5 Å². The zero-order valence-corrected chi connectivity index (χ0v) is 15.6. The van der Waals surface area contributed by atoms with Gasteiger partial charge in [0, 0.05) is 6.54 Å². The number of hydrogen-bond donors (Lipinski definition) is 1. The van der Waals surface area contributed by atoms with Gasteiger partial charge in [0.05, 0.1) is 31.8 Å². The van der Waals surface area contributed by atoms with Gasteiger partial charge in [-0.3, -0.25) is 0 Å². The molecule has 0 atom stereocenters. The molecular formula is C17H18F3NO5S. The summed E-state index contributed by atoms with van der Waals surface area (Å²) in [6, 6.07) is 6.97. The molecule has 0 aliphatic carbocycles. The van der Waals surface area contributed by atoms with Crippen LogP contribution in [-0.4, -0.2) is 29.7 Å². The first-order chi connectivity index (χ1) is 12.6. The predicted molar refractivity (Wildman–Crippen MR) is 91.6 cm³/mol. The lowest BCUT2D eigenvalue weighted by Gasteiger charge is -2.16. The summed E-state index contributed by atoms with van der Waals surface area (Å²) in [6.45, 7) is -0.273. The highest BCUT2D eigenvalue weighted by atomic mass is 32.2. The van der Waals surface area contributed by atoms with Crippen molar-refractivity contribution in [3.63, 3.8) is 0 Å². The summed E-state index contributed by atoms with van der Waals surface area (Å²) in [5, 5.41) is 0. The van der Waals surface area contributed by atoms with Gasteiger partial charge >= 0.3 is 6.18 Å². The minimum absolute atomic E-state index is 0.273. The quantitative estimate of drug-likeness (QED) is 0.766. The third kappa shape index (κ3) is 4.64. The van der Waals surface area contributed by atoms with Crippen molar-refractivity contribution in [3.05, 3.63) is 47.5 Å². The number of nitrogens with one attached hydrogen (secondary N) is 1. The zero-order valence-electron chi connectivity index (χ0n) is 14.8. The van der Waals surface area contributed by atoms with Crippen molar-refractivity contribution in [3.8, 4) is 17.2 Å². The second kappa shape index (κ2) is 8.05. The van der Waals surface area contributed by atoms with Crippen molar-refractivity contribution >= 4 is 10.0 Å². The third-order valence-electron chi connectivity index (χ3n) is 3.67. The standard InChI is InChI=1S/C17H18F3NO5S/c1-24-13-8-11(9-14(25-2)16(13)26-3)10-21-27(22,23)15-7-5-4-6-12(15)17(18,19)20/h4-9,21H,10H2,1-3H3. The minimum atomic E-state index is -4.79. The molecule has 0 unspecified atom stereocenters. The summed E-state index contributed by atoms with van der Waals surface area (Å²) in [7, 11) is -0.209. The first-order valence-corrected chi connectivity index (χ1v) is 9.07. The van der Waals surface area contributed by atoms with E-state index in [1.54, 1.807) is 0 Å². The van der Waals surface area contributed by atoms with Gasteiger partial charge < -0.3 is 14.2 Å². The maximum absolute atomic E-state index is 13.1. The van der Waals surface area contributed by atoms with E-state index in [2.05, 4.69) is 4.72 Å². The van der Waals surface area contributed by atoms with Crippen molar-refractivity contribution in [2.45, 2.75) is 17.6 Å². The van der Waals surface area contributed by atoms with Gasteiger partial charge in [0.2, 0.25) is 15.8 Å². The normalized spacial score (nSPS) is 11.9. The highest BCUT2D eigenvalue weighted by Gasteiger charge is 2.36. The number of ether oxygens (including phenoxy) is 3. The SMILES string of the molecule is COc1cc(CNS(=O)(=O)c2ccccc2C(F)(F)F)cc(OC)c1OC. The lowest BCUT2D eigenvalue weighted by molar-refractivity contribution is -0.139.